The number of rotatable bonds is 5. The lowest BCUT2D eigenvalue weighted by molar-refractivity contribution is -0.137. The number of epoxide rings is 1. The van der Waals surface area contributed by atoms with Crippen molar-refractivity contribution in [2.24, 2.45) is 5.92 Å². The molecule has 1 saturated heterocycles. The zero-order valence-corrected chi connectivity index (χ0v) is 11.8. The maximum atomic E-state index is 12.8. The van der Waals surface area contributed by atoms with Gasteiger partial charge in [-0.2, -0.15) is 13.2 Å². The van der Waals surface area contributed by atoms with Crippen LogP contribution in [0.25, 0.3) is 0 Å². The first-order chi connectivity index (χ1) is 9.32. The molecule has 0 aromatic heterocycles. The van der Waals surface area contributed by atoms with Crippen LogP contribution >= 0.6 is 0 Å². The van der Waals surface area contributed by atoms with Gasteiger partial charge >= 0.3 is 6.18 Å². The van der Waals surface area contributed by atoms with Crippen LogP contribution in [0.5, 0.6) is 5.75 Å². The summed E-state index contributed by atoms with van der Waals surface area (Å²) >= 11 is 0. The third-order valence-electron chi connectivity index (χ3n) is 3.55. The van der Waals surface area contributed by atoms with Crippen molar-refractivity contribution >= 4 is 0 Å². The molecule has 0 bridgehead atoms. The van der Waals surface area contributed by atoms with Crippen LogP contribution in [0, 0.1) is 5.92 Å². The lowest BCUT2D eigenvalue weighted by atomic mass is 9.95. The molecule has 20 heavy (non-hydrogen) atoms. The molecule has 1 aromatic rings. The van der Waals surface area contributed by atoms with Gasteiger partial charge in [0.2, 0.25) is 0 Å². The monoisotopic (exact) mass is 288 g/mol. The quantitative estimate of drug-likeness (QED) is 0.762. The van der Waals surface area contributed by atoms with Crippen LogP contribution in [0.4, 0.5) is 13.2 Å². The van der Waals surface area contributed by atoms with Gasteiger partial charge in [-0.25, -0.2) is 0 Å². The second-order valence-electron chi connectivity index (χ2n) is 5.24. The van der Waals surface area contributed by atoms with Gasteiger partial charge in [0, 0.05) is 0 Å². The van der Waals surface area contributed by atoms with Gasteiger partial charge in [-0.15, -0.1) is 0 Å². The number of hydrogen-bond donors (Lipinski definition) is 0. The zero-order valence-electron chi connectivity index (χ0n) is 11.8. The van der Waals surface area contributed by atoms with Crippen LogP contribution < -0.4 is 4.74 Å². The lowest BCUT2D eigenvalue weighted by Crippen LogP contribution is -2.12. The molecule has 0 radical (unpaired) electrons. The van der Waals surface area contributed by atoms with Crippen LogP contribution in [0.2, 0.25) is 0 Å². The molecular formula is C15H19F3O2. The van der Waals surface area contributed by atoms with E-state index in [1.165, 1.54) is 12.1 Å². The van der Waals surface area contributed by atoms with Gasteiger partial charge in [0.15, 0.2) is 0 Å². The largest absolute Gasteiger partial charge is 0.494 e. The van der Waals surface area contributed by atoms with E-state index in [4.69, 9.17) is 9.47 Å². The number of alkyl halides is 3. The van der Waals surface area contributed by atoms with Crippen LogP contribution in [-0.2, 0) is 17.3 Å². The third-order valence-corrected chi connectivity index (χ3v) is 3.55. The van der Waals surface area contributed by atoms with E-state index in [0.29, 0.717) is 24.3 Å². The van der Waals surface area contributed by atoms with Crippen molar-refractivity contribution in [3.8, 4) is 5.75 Å². The first-order valence-electron chi connectivity index (χ1n) is 6.81. The Morgan fingerprint density at radius 2 is 2.00 bits per heavy atom. The summed E-state index contributed by atoms with van der Waals surface area (Å²) in [6, 6.07) is 3.66. The van der Waals surface area contributed by atoms with Crippen LogP contribution in [0.1, 0.15) is 31.9 Å². The number of ether oxygens (including phenoxy) is 2. The highest BCUT2D eigenvalue weighted by atomic mass is 19.4. The van der Waals surface area contributed by atoms with Crippen molar-refractivity contribution < 1.29 is 22.6 Å². The summed E-state index contributed by atoms with van der Waals surface area (Å²) in [7, 11) is 0. The van der Waals surface area contributed by atoms with Gasteiger partial charge < -0.3 is 9.47 Å². The fourth-order valence-corrected chi connectivity index (χ4v) is 2.47. The Bertz CT molecular complexity index is 471. The Morgan fingerprint density at radius 1 is 1.35 bits per heavy atom. The maximum Gasteiger partial charge on any atom is 0.416 e. The second kappa shape index (κ2) is 5.64. The number of halogens is 3. The van der Waals surface area contributed by atoms with E-state index in [1.54, 1.807) is 0 Å². The van der Waals surface area contributed by atoms with E-state index < -0.39 is 11.7 Å². The summed E-state index contributed by atoms with van der Waals surface area (Å²) in [6.45, 7) is 6.21. The Hall–Kier alpha value is -1.23. The van der Waals surface area contributed by atoms with E-state index in [9.17, 15) is 13.2 Å². The van der Waals surface area contributed by atoms with Gasteiger partial charge in [-0.05, 0) is 49.9 Å². The van der Waals surface area contributed by atoms with E-state index in [0.717, 1.165) is 6.07 Å². The highest BCUT2D eigenvalue weighted by Gasteiger charge is 2.39. The smallest absolute Gasteiger partial charge is 0.416 e. The molecule has 1 aliphatic heterocycles. The minimum absolute atomic E-state index is 0.138. The predicted octanol–water partition coefficient (Wildman–Crippen LogP) is 4.07. The molecule has 1 fully saturated rings. The standard InChI is InChI=1S/C15H19F3O2/c1-4-19-13-6-5-12(15(16,17)18)8-11(13)7-9(2)14-10(3)20-14/h5-6,8-10,14H,4,7H2,1-3H3. The molecule has 3 unspecified atom stereocenters. The highest BCUT2D eigenvalue weighted by Crippen LogP contribution is 2.36. The molecule has 112 valence electrons. The zero-order chi connectivity index (χ0) is 14.9. The van der Waals surface area contributed by atoms with Crippen LogP contribution in [0.3, 0.4) is 0 Å². The molecule has 0 saturated carbocycles. The molecule has 0 aliphatic carbocycles. The van der Waals surface area contributed by atoms with E-state index >= 15 is 0 Å². The fourth-order valence-electron chi connectivity index (χ4n) is 2.47. The van der Waals surface area contributed by atoms with Crippen LogP contribution in [-0.4, -0.2) is 18.8 Å². The molecule has 0 amide bonds. The van der Waals surface area contributed by atoms with Gasteiger partial charge in [0.25, 0.3) is 0 Å². The Balaban J connectivity index is 2.22. The summed E-state index contributed by atoms with van der Waals surface area (Å²) in [5, 5.41) is 0. The second-order valence-corrected chi connectivity index (χ2v) is 5.24. The Labute approximate surface area is 116 Å². The summed E-state index contributed by atoms with van der Waals surface area (Å²) in [5.74, 6) is 0.702. The molecule has 1 heterocycles. The fraction of sp³-hybridized carbons (Fsp3) is 0.600. The number of hydrogen-bond acceptors (Lipinski definition) is 2. The van der Waals surface area contributed by atoms with Gasteiger partial charge in [0.05, 0.1) is 24.4 Å². The topological polar surface area (TPSA) is 21.8 Å². The lowest BCUT2D eigenvalue weighted by Gasteiger charge is -2.16. The first-order valence-corrected chi connectivity index (χ1v) is 6.81. The van der Waals surface area contributed by atoms with Crippen molar-refractivity contribution in [3.05, 3.63) is 29.3 Å². The third kappa shape index (κ3) is 3.45. The van der Waals surface area contributed by atoms with Crippen molar-refractivity contribution in [2.75, 3.05) is 6.61 Å². The summed E-state index contributed by atoms with van der Waals surface area (Å²) < 4.78 is 49.2. The molecule has 2 nitrogen and oxygen atoms in total. The summed E-state index contributed by atoms with van der Waals surface area (Å²) in [4.78, 5) is 0. The van der Waals surface area contributed by atoms with Crippen molar-refractivity contribution in [1.29, 1.82) is 0 Å². The molecule has 0 N–H and O–H groups in total. The SMILES string of the molecule is CCOc1ccc(C(F)(F)F)cc1CC(C)C1OC1C. The van der Waals surface area contributed by atoms with Gasteiger partial charge in [-0.1, -0.05) is 6.92 Å². The molecule has 1 aliphatic rings. The maximum absolute atomic E-state index is 12.8. The van der Waals surface area contributed by atoms with E-state index in [-0.39, 0.29) is 18.1 Å². The van der Waals surface area contributed by atoms with Crippen molar-refractivity contribution in [3.63, 3.8) is 0 Å². The summed E-state index contributed by atoms with van der Waals surface area (Å²) in [5.41, 5.74) is -0.0372. The van der Waals surface area contributed by atoms with Gasteiger partial charge in [0.1, 0.15) is 5.75 Å². The molecule has 0 spiro atoms. The average Bonchev–Trinajstić information content (AvgIpc) is 3.07. The molecule has 5 heteroatoms. The molecule has 3 atom stereocenters. The minimum Gasteiger partial charge on any atom is -0.494 e. The van der Waals surface area contributed by atoms with Gasteiger partial charge in [-0.3, -0.25) is 0 Å². The average molecular weight is 288 g/mol. The summed E-state index contributed by atoms with van der Waals surface area (Å²) in [6.07, 6.45) is -3.47. The normalized spacial score (nSPS) is 23.5. The molecule has 2 rings (SSSR count). The number of benzene rings is 1. The highest BCUT2D eigenvalue weighted by molar-refractivity contribution is 5.39. The van der Waals surface area contributed by atoms with Crippen molar-refractivity contribution in [1.82, 2.24) is 0 Å². The predicted molar refractivity (Wildman–Crippen MR) is 69.8 cm³/mol. The minimum atomic E-state index is -4.33. The first kappa shape index (κ1) is 15.2. The van der Waals surface area contributed by atoms with Crippen molar-refractivity contribution in [2.45, 2.75) is 45.6 Å². The Kier molecular flexibility index (Phi) is 4.28. The van der Waals surface area contributed by atoms with Crippen LogP contribution in [0.15, 0.2) is 18.2 Å². The molecular weight excluding hydrogens is 269 g/mol. The molecule has 1 aromatic carbocycles. The van der Waals surface area contributed by atoms with E-state index in [2.05, 4.69) is 0 Å². The van der Waals surface area contributed by atoms with E-state index in [1.807, 2.05) is 20.8 Å². The Morgan fingerprint density at radius 3 is 2.50 bits per heavy atom.